The Kier molecular flexibility index (Phi) is 3.31. The topological polar surface area (TPSA) is 79.0 Å². The van der Waals surface area contributed by atoms with Crippen molar-refractivity contribution in [3.05, 3.63) is 64.8 Å². The number of halogens is 1. The van der Waals surface area contributed by atoms with Gasteiger partial charge in [0.15, 0.2) is 5.69 Å². The van der Waals surface area contributed by atoms with Crippen LogP contribution in [0.25, 0.3) is 27.5 Å². The van der Waals surface area contributed by atoms with Crippen LogP contribution >= 0.6 is 0 Å². The molecule has 0 saturated heterocycles. The van der Waals surface area contributed by atoms with Crippen molar-refractivity contribution in [3.8, 4) is 5.69 Å². The monoisotopic (exact) mass is 338 g/mol. The molecule has 0 fully saturated rings. The van der Waals surface area contributed by atoms with E-state index in [4.69, 9.17) is 0 Å². The van der Waals surface area contributed by atoms with Crippen LogP contribution in [0.2, 0.25) is 0 Å². The number of hydrogen-bond donors (Lipinski definition) is 0. The van der Waals surface area contributed by atoms with Crippen LogP contribution < -0.4 is 5.56 Å². The SMILES string of the molecule is Cn1c2ccccc2c2c(C(=O)OF)nn(-c3cccnc3)c(=O)c21. The van der Waals surface area contributed by atoms with E-state index >= 15 is 0 Å². The Labute approximate surface area is 139 Å². The summed E-state index contributed by atoms with van der Waals surface area (Å²) < 4.78 is 15.3. The van der Waals surface area contributed by atoms with Crippen LogP contribution in [0.3, 0.4) is 0 Å². The number of para-hydroxylation sites is 1. The van der Waals surface area contributed by atoms with Crippen molar-refractivity contribution >= 4 is 27.8 Å². The largest absolute Gasteiger partial charge is 0.400 e. The molecule has 1 aromatic carbocycles. The first kappa shape index (κ1) is 15.0. The van der Waals surface area contributed by atoms with Gasteiger partial charge in [-0.25, -0.2) is 9.74 Å². The fourth-order valence-electron chi connectivity index (χ4n) is 3.01. The van der Waals surface area contributed by atoms with Crippen molar-refractivity contribution in [2.45, 2.75) is 0 Å². The number of hydrogen-bond acceptors (Lipinski definition) is 5. The quantitative estimate of drug-likeness (QED) is 0.560. The lowest BCUT2D eigenvalue weighted by atomic mass is 10.1. The Morgan fingerprint density at radius 1 is 1.20 bits per heavy atom. The average molecular weight is 338 g/mol. The molecule has 3 aromatic heterocycles. The summed E-state index contributed by atoms with van der Waals surface area (Å²) in [7, 11) is 1.70. The maximum Gasteiger partial charge on any atom is 0.400 e. The first-order valence-corrected chi connectivity index (χ1v) is 7.37. The van der Waals surface area contributed by atoms with Gasteiger partial charge in [0.2, 0.25) is 0 Å². The zero-order valence-corrected chi connectivity index (χ0v) is 13.0. The van der Waals surface area contributed by atoms with Gasteiger partial charge in [-0.2, -0.15) is 9.78 Å². The number of aromatic nitrogens is 4. The molecule has 3 heterocycles. The molecule has 0 unspecified atom stereocenters. The van der Waals surface area contributed by atoms with Crippen molar-refractivity contribution < 1.29 is 14.3 Å². The number of rotatable bonds is 2. The molecule has 7 nitrogen and oxygen atoms in total. The van der Waals surface area contributed by atoms with Crippen LogP contribution in [-0.4, -0.2) is 25.3 Å². The Balaban J connectivity index is 2.24. The van der Waals surface area contributed by atoms with Gasteiger partial charge < -0.3 is 4.57 Å². The van der Waals surface area contributed by atoms with Gasteiger partial charge >= 0.3 is 5.97 Å². The summed E-state index contributed by atoms with van der Waals surface area (Å²) in [4.78, 5) is 32.3. The van der Waals surface area contributed by atoms with E-state index in [1.807, 2.05) is 0 Å². The van der Waals surface area contributed by atoms with Gasteiger partial charge in [-0.1, -0.05) is 18.2 Å². The number of carbonyl (C=O) groups is 1. The predicted molar refractivity (Wildman–Crippen MR) is 88.1 cm³/mol. The second kappa shape index (κ2) is 5.52. The van der Waals surface area contributed by atoms with E-state index in [1.54, 1.807) is 54.2 Å². The van der Waals surface area contributed by atoms with Gasteiger partial charge in [-0.15, -0.1) is 0 Å². The van der Waals surface area contributed by atoms with Crippen molar-refractivity contribution in [3.63, 3.8) is 0 Å². The number of nitrogens with zero attached hydrogens (tertiary/aromatic N) is 4. The molecular formula is C17H11FN4O3. The summed E-state index contributed by atoms with van der Waals surface area (Å²) in [6.45, 7) is 0. The summed E-state index contributed by atoms with van der Waals surface area (Å²) in [5.41, 5.74) is 0.566. The molecule has 4 aromatic rings. The maximum absolute atomic E-state index is 13.0. The van der Waals surface area contributed by atoms with E-state index in [2.05, 4.69) is 15.0 Å². The zero-order valence-electron chi connectivity index (χ0n) is 13.0. The zero-order chi connectivity index (χ0) is 17.6. The lowest BCUT2D eigenvalue weighted by Gasteiger charge is -2.07. The normalized spacial score (nSPS) is 11.1. The van der Waals surface area contributed by atoms with Crippen LogP contribution in [0.1, 0.15) is 10.5 Å². The molecule has 0 aliphatic heterocycles. The third-order valence-electron chi connectivity index (χ3n) is 4.09. The van der Waals surface area contributed by atoms with Gasteiger partial charge in [-0.05, 0) is 18.2 Å². The van der Waals surface area contributed by atoms with Gasteiger partial charge in [0.1, 0.15) is 5.52 Å². The molecule has 124 valence electrons. The van der Waals surface area contributed by atoms with Crippen LogP contribution in [0, 0.1) is 0 Å². The third-order valence-corrected chi connectivity index (χ3v) is 4.09. The van der Waals surface area contributed by atoms with E-state index in [1.165, 1.54) is 6.20 Å². The third kappa shape index (κ3) is 2.11. The summed E-state index contributed by atoms with van der Waals surface area (Å²) >= 11 is 0. The van der Waals surface area contributed by atoms with Crippen LogP contribution in [0.4, 0.5) is 4.53 Å². The molecule has 8 heteroatoms. The molecule has 0 atom stereocenters. The smallest absolute Gasteiger partial charge is 0.339 e. The van der Waals surface area contributed by atoms with Gasteiger partial charge in [0, 0.05) is 34.1 Å². The predicted octanol–water partition coefficient (Wildman–Crippen LogP) is 2.31. The first-order valence-electron chi connectivity index (χ1n) is 7.37. The maximum atomic E-state index is 13.0. The van der Waals surface area contributed by atoms with E-state index in [9.17, 15) is 14.1 Å². The van der Waals surface area contributed by atoms with Crippen LogP contribution in [0.5, 0.6) is 0 Å². The highest BCUT2D eigenvalue weighted by Crippen LogP contribution is 2.28. The molecule has 4 rings (SSSR count). The van der Waals surface area contributed by atoms with Gasteiger partial charge in [0.05, 0.1) is 11.9 Å². The standard InChI is InChI=1S/C17H11FN4O3/c1-21-12-7-3-2-6-11(12)13-14(17(24)25-18)20-22(16(23)15(13)21)10-5-4-8-19-9-10/h2-9H,1H3. The molecule has 0 saturated carbocycles. The van der Waals surface area contributed by atoms with E-state index in [0.29, 0.717) is 16.6 Å². The van der Waals surface area contributed by atoms with Crippen molar-refractivity contribution in [2.75, 3.05) is 0 Å². The lowest BCUT2D eigenvalue weighted by molar-refractivity contribution is -0.0792. The number of aryl methyl sites for hydroxylation is 1. The Morgan fingerprint density at radius 3 is 2.72 bits per heavy atom. The highest BCUT2D eigenvalue weighted by atomic mass is 19.3. The van der Waals surface area contributed by atoms with E-state index in [0.717, 1.165) is 4.68 Å². The molecule has 0 aliphatic rings. The average Bonchev–Trinajstić information content (AvgIpc) is 2.96. The molecule has 0 radical (unpaired) electrons. The first-order chi connectivity index (χ1) is 12.1. The Hall–Kier alpha value is -3.55. The molecule has 0 N–H and O–H groups in total. The second-order valence-electron chi connectivity index (χ2n) is 5.44. The highest BCUT2D eigenvalue weighted by Gasteiger charge is 2.24. The van der Waals surface area contributed by atoms with Crippen molar-refractivity contribution in [1.82, 2.24) is 19.3 Å². The molecule has 0 spiro atoms. The fourth-order valence-corrected chi connectivity index (χ4v) is 3.01. The van der Waals surface area contributed by atoms with E-state index < -0.39 is 11.5 Å². The minimum Gasteiger partial charge on any atom is -0.339 e. The summed E-state index contributed by atoms with van der Waals surface area (Å²) in [5, 5.41) is 4.91. The number of carbonyl (C=O) groups excluding carboxylic acids is 1. The molecule has 0 amide bonds. The highest BCUT2D eigenvalue weighted by molar-refractivity contribution is 6.15. The molecule has 25 heavy (non-hydrogen) atoms. The van der Waals surface area contributed by atoms with Gasteiger partial charge in [0.25, 0.3) is 5.56 Å². The van der Waals surface area contributed by atoms with Crippen LogP contribution in [0.15, 0.2) is 53.6 Å². The summed E-state index contributed by atoms with van der Waals surface area (Å²) in [5.74, 6) is -1.26. The second-order valence-corrected chi connectivity index (χ2v) is 5.44. The summed E-state index contributed by atoms with van der Waals surface area (Å²) in [6, 6.07) is 10.3. The fraction of sp³-hybridized carbons (Fsp3) is 0.0588. The van der Waals surface area contributed by atoms with Crippen molar-refractivity contribution in [2.24, 2.45) is 7.05 Å². The van der Waals surface area contributed by atoms with E-state index in [-0.39, 0.29) is 16.6 Å². The Bertz CT molecular complexity index is 1180. The Morgan fingerprint density at radius 2 is 2.00 bits per heavy atom. The number of benzene rings is 1. The van der Waals surface area contributed by atoms with Crippen LogP contribution in [-0.2, 0) is 12.0 Å². The molecule has 0 aliphatic carbocycles. The molecular weight excluding hydrogens is 327 g/mol. The summed E-state index contributed by atoms with van der Waals surface area (Å²) in [6.07, 6.45) is 2.97. The number of fused-ring (bicyclic) bond motifs is 3. The minimum atomic E-state index is -1.26. The minimum absolute atomic E-state index is 0.223. The lowest BCUT2D eigenvalue weighted by Crippen LogP contribution is -2.25. The van der Waals surface area contributed by atoms with Crippen molar-refractivity contribution in [1.29, 1.82) is 0 Å². The van der Waals surface area contributed by atoms with Gasteiger partial charge in [-0.3, -0.25) is 9.78 Å². The molecule has 0 bridgehead atoms. The number of pyridine rings is 1.